The largest absolute Gasteiger partial charge is 0.573 e. The number of alkyl halides is 3. The number of benzene rings is 3. The highest BCUT2D eigenvalue weighted by atomic mass is 32.2. The van der Waals surface area contributed by atoms with Gasteiger partial charge in [-0.1, -0.05) is 42.1 Å². The van der Waals surface area contributed by atoms with Gasteiger partial charge in [0.1, 0.15) is 17.8 Å². The van der Waals surface area contributed by atoms with Gasteiger partial charge in [0, 0.05) is 29.6 Å². The number of amidine groups is 1. The second kappa shape index (κ2) is 11.0. The molecule has 3 aromatic carbocycles. The molecule has 0 unspecified atom stereocenters. The molecule has 5 rings (SSSR count). The first kappa shape index (κ1) is 25.3. The smallest absolute Gasteiger partial charge is 0.497 e. The van der Waals surface area contributed by atoms with Gasteiger partial charge in [-0.05, 0) is 42.0 Å². The number of nitrogens with zero attached hydrogens (tertiary/aromatic N) is 6. The fraction of sp³-hybridized carbons (Fsp3) is 0.154. The minimum Gasteiger partial charge on any atom is -0.497 e. The topological polar surface area (TPSA) is 77.1 Å². The summed E-state index contributed by atoms with van der Waals surface area (Å²) < 4.78 is 47.8. The Morgan fingerprint density at radius 3 is 2.50 bits per heavy atom. The molecule has 2 heterocycles. The Balaban J connectivity index is 1.24. The van der Waals surface area contributed by atoms with E-state index in [9.17, 15) is 13.2 Å². The highest BCUT2D eigenvalue weighted by Crippen LogP contribution is 2.28. The quantitative estimate of drug-likeness (QED) is 0.219. The monoisotopic (exact) mass is 538 g/mol. The van der Waals surface area contributed by atoms with Crippen LogP contribution in [0.5, 0.6) is 11.5 Å². The van der Waals surface area contributed by atoms with Crippen LogP contribution in [0.2, 0.25) is 0 Å². The molecular formula is C26H21F3N6O2S. The number of thioether (sulfide) groups is 1. The van der Waals surface area contributed by atoms with Crippen LogP contribution in [0.1, 0.15) is 5.56 Å². The Morgan fingerprint density at radius 1 is 0.974 bits per heavy atom. The maximum Gasteiger partial charge on any atom is 0.573 e. The van der Waals surface area contributed by atoms with E-state index in [2.05, 4.69) is 29.9 Å². The molecule has 0 bridgehead atoms. The second-order valence-electron chi connectivity index (χ2n) is 8.01. The summed E-state index contributed by atoms with van der Waals surface area (Å²) in [5, 5.41) is 13.9. The van der Waals surface area contributed by atoms with Crippen molar-refractivity contribution in [3.05, 3.63) is 84.7 Å². The van der Waals surface area contributed by atoms with Crippen LogP contribution >= 0.6 is 11.8 Å². The zero-order valence-electron chi connectivity index (χ0n) is 20.0. The molecule has 0 saturated carbocycles. The summed E-state index contributed by atoms with van der Waals surface area (Å²) in [7, 11) is 1.64. The molecule has 1 aliphatic heterocycles. The van der Waals surface area contributed by atoms with E-state index in [0.717, 1.165) is 40.0 Å². The zero-order valence-corrected chi connectivity index (χ0v) is 20.9. The van der Waals surface area contributed by atoms with Crippen molar-refractivity contribution in [2.24, 2.45) is 10.2 Å². The molecule has 0 radical (unpaired) electrons. The van der Waals surface area contributed by atoms with Crippen LogP contribution < -0.4 is 14.4 Å². The predicted molar refractivity (Wildman–Crippen MR) is 141 cm³/mol. The Labute approximate surface area is 220 Å². The van der Waals surface area contributed by atoms with Crippen molar-refractivity contribution >= 4 is 28.8 Å². The number of ether oxygens (including phenoxy) is 2. The lowest BCUT2D eigenvalue weighted by Gasteiger charge is -2.17. The van der Waals surface area contributed by atoms with Crippen molar-refractivity contribution in [3.8, 4) is 28.6 Å². The first-order chi connectivity index (χ1) is 18.4. The van der Waals surface area contributed by atoms with Crippen molar-refractivity contribution in [1.29, 1.82) is 0 Å². The summed E-state index contributed by atoms with van der Waals surface area (Å²) in [6, 6.07) is 20.7. The molecule has 1 fully saturated rings. The van der Waals surface area contributed by atoms with E-state index in [1.54, 1.807) is 25.1 Å². The Kier molecular flexibility index (Phi) is 7.31. The number of rotatable bonds is 7. The number of hydrogen-bond acceptors (Lipinski definition) is 7. The number of aromatic nitrogens is 3. The molecule has 0 N–H and O–H groups in total. The number of hydrogen-bond donors (Lipinski definition) is 0. The van der Waals surface area contributed by atoms with E-state index in [1.807, 2.05) is 48.5 Å². The summed E-state index contributed by atoms with van der Waals surface area (Å²) in [5.74, 6) is 1.88. The standard InChI is InChI=1S/C26H21F3N6O2S/c1-36-23-4-2-3-21(15-23)34-13-14-38-25(34)32-31-16-18-5-7-19(8-6-18)24-30-17-35(33-24)20-9-11-22(12-10-20)37-26(27,28)29/h2-12,15-17H,13-14H2,1H3. The van der Waals surface area contributed by atoms with Crippen molar-refractivity contribution in [1.82, 2.24) is 14.8 Å². The van der Waals surface area contributed by atoms with E-state index in [4.69, 9.17) is 4.74 Å². The third kappa shape index (κ3) is 6.14. The lowest BCUT2D eigenvalue weighted by Crippen LogP contribution is -2.23. The molecule has 1 aromatic heterocycles. The molecule has 0 aliphatic carbocycles. The number of methoxy groups -OCH3 is 1. The highest BCUT2D eigenvalue weighted by molar-refractivity contribution is 8.14. The molecule has 4 aromatic rings. The van der Waals surface area contributed by atoms with Crippen molar-refractivity contribution in [3.63, 3.8) is 0 Å². The molecule has 0 amide bonds. The van der Waals surface area contributed by atoms with Gasteiger partial charge < -0.3 is 14.4 Å². The molecular weight excluding hydrogens is 517 g/mol. The normalized spacial score (nSPS) is 14.9. The minimum atomic E-state index is -4.74. The van der Waals surface area contributed by atoms with E-state index in [0.29, 0.717) is 11.5 Å². The molecule has 12 heteroatoms. The SMILES string of the molecule is COc1cccc(N2CCSC2=NN=Cc2ccc(-c3ncn(-c4ccc(OC(F)(F)F)cc4)n3)cc2)c1. The first-order valence-corrected chi connectivity index (χ1v) is 12.4. The van der Waals surface area contributed by atoms with Gasteiger partial charge in [0.25, 0.3) is 0 Å². The average Bonchev–Trinajstić information content (AvgIpc) is 3.59. The summed E-state index contributed by atoms with van der Waals surface area (Å²) in [5.41, 5.74) is 3.19. The van der Waals surface area contributed by atoms with Crippen molar-refractivity contribution in [2.45, 2.75) is 6.36 Å². The summed E-state index contributed by atoms with van der Waals surface area (Å²) in [4.78, 5) is 6.41. The van der Waals surface area contributed by atoms with Crippen LogP contribution in [0.15, 0.2) is 89.3 Å². The van der Waals surface area contributed by atoms with Crippen LogP contribution in [0, 0.1) is 0 Å². The van der Waals surface area contributed by atoms with Gasteiger partial charge >= 0.3 is 6.36 Å². The lowest BCUT2D eigenvalue weighted by atomic mass is 10.1. The first-order valence-electron chi connectivity index (χ1n) is 11.4. The van der Waals surface area contributed by atoms with Gasteiger partial charge in [0.2, 0.25) is 0 Å². The fourth-order valence-corrected chi connectivity index (χ4v) is 4.60. The van der Waals surface area contributed by atoms with Gasteiger partial charge in [0.05, 0.1) is 19.0 Å². The average molecular weight is 539 g/mol. The third-order valence-corrected chi connectivity index (χ3v) is 6.43. The fourth-order valence-electron chi connectivity index (χ4n) is 3.69. The zero-order chi connectivity index (χ0) is 26.5. The van der Waals surface area contributed by atoms with E-state index >= 15 is 0 Å². The Hall–Kier alpha value is -4.32. The summed E-state index contributed by atoms with van der Waals surface area (Å²) >= 11 is 1.64. The number of anilines is 1. The molecule has 194 valence electrons. The Bertz CT molecular complexity index is 1450. The maximum atomic E-state index is 12.4. The van der Waals surface area contributed by atoms with Gasteiger partial charge in [-0.25, -0.2) is 9.67 Å². The molecule has 0 spiro atoms. The van der Waals surface area contributed by atoms with Crippen LogP contribution in [0.4, 0.5) is 18.9 Å². The van der Waals surface area contributed by atoms with Crippen molar-refractivity contribution in [2.75, 3.05) is 24.3 Å². The van der Waals surface area contributed by atoms with Gasteiger partial charge in [-0.2, -0.15) is 5.10 Å². The molecule has 1 saturated heterocycles. The second-order valence-corrected chi connectivity index (χ2v) is 9.07. The Morgan fingerprint density at radius 2 is 1.76 bits per heavy atom. The van der Waals surface area contributed by atoms with Gasteiger partial charge in [0.15, 0.2) is 11.0 Å². The van der Waals surface area contributed by atoms with Crippen LogP contribution in [0.3, 0.4) is 0 Å². The van der Waals surface area contributed by atoms with Crippen LogP contribution in [0.25, 0.3) is 17.1 Å². The van der Waals surface area contributed by atoms with E-state index < -0.39 is 6.36 Å². The number of halogens is 3. The van der Waals surface area contributed by atoms with Crippen LogP contribution in [-0.2, 0) is 0 Å². The molecule has 0 atom stereocenters. The van der Waals surface area contributed by atoms with Gasteiger partial charge in [-0.3, -0.25) is 0 Å². The summed E-state index contributed by atoms with van der Waals surface area (Å²) in [6.45, 7) is 0.839. The maximum absolute atomic E-state index is 12.4. The highest BCUT2D eigenvalue weighted by Gasteiger charge is 2.31. The molecule has 8 nitrogen and oxygen atoms in total. The van der Waals surface area contributed by atoms with Crippen molar-refractivity contribution < 1.29 is 22.6 Å². The molecule has 38 heavy (non-hydrogen) atoms. The minimum absolute atomic E-state index is 0.302. The third-order valence-electron chi connectivity index (χ3n) is 5.49. The molecule has 1 aliphatic rings. The van der Waals surface area contributed by atoms with Crippen LogP contribution in [-0.4, -0.2) is 51.9 Å². The lowest BCUT2D eigenvalue weighted by molar-refractivity contribution is -0.274. The van der Waals surface area contributed by atoms with Gasteiger partial charge in [-0.15, -0.1) is 23.4 Å². The summed E-state index contributed by atoms with van der Waals surface area (Å²) in [6.07, 6.45) is -1.57. The predicted octanol–water partition coefficient (Wildman–Crippen LogP) is 5.78. The van der Waals surface area contributed by atoms with E-state index in [-0.39, 0.29) is 5.75 Å². The van der Waals surface area contributed by atoms with E-state index in [1.165, 1.54) is 35.3 Å².